The van der Waals surface area contributed by atoms with E-state index < -0.39 is 12.0 Å². The largest absolute Gasteiger partial charge is 0.480 e. The Balaban J connectivity index is 1.56. The van der Waals surface area contributed by atoms with Gasteiger partial charge in [0.05, 0.1) is 0 Å². The van der Waals surface area contributed by atoms with Gasteiger partial charge in [0.1, 0.15) is 6.04 Å². The number of rotatable bonds is 6. The maximum absolute atomic E-state index is 12.9. The van der Waals surface area contributed by atoms with Gasteiger partial charge >= 0.3 is 5.97 Å². The Hall–Kier alpha value is -2.63. The lowest BCUT2D eigenvalue weighted by molar-refractivity contribution is -0.140. The van der Waals surface area contributed by atoms with E-state index in [0.717, 1.165) is 19.3 Å². The van der Waals surface area contributed by atoms with Crippen LogP contribution in [0.3, 0.4) is 0 Å². The smallest absolute Gasteiger partial charge is 0.326 e. The van der Waals surface area contributed by atoms with Gasteiger partial charge in [0.25, 0.3) is 5.56 Å². The summed E-state index contributed by atoms with van der Waals surface area (Å²) in [6, 6.07) is 9.72. The molecule has 2 N–H and O–H groups in total. The molecule has 0 unspecified atom stereocenters. The molecule has 0 saturated heterocycles. The van der Waals surface area contributed by atoms with E-state index in [0.29, 0.717) is 25.1 Å². The molecule has 0 amide bonds. The summed E-state index contributed by atoms with van der Waals surface area (Å²) in [6.45, 7) is 0.682. The van der Waals surface area contributed by atoms with Crippen LogP contribution >= 0.6 is 0 Å². The Labute approximate surface area is 164 Å². The molecule has 2 aliphatic rings. The lowest BCUT2D eigenvalue weighted by Gasteiger charge is -2.38. The normalized spacial score (nSPS) is 20.5. The van der Waals surface area contributed by atoms with Crippen molar-refractivity contribution in [2.24, 2.45) is 5.41 Å². The maximum atomic E-state index is 12.9. The molecule has 28 heavy (non-hydrogen) atoms. The fraction of sp³-hybridized carbons (Fsp3) is 0.500. The van der Waals surface area contributed by atoms with Crippen LogP contribution in [-0.2, 0) is 17.6 Å². The van der Waals surface area contributed by atoms with Crippen molar-refractivity contribution >= 4 is 11.8 Å². The number of anilines is 1. The van der Waals surface area contributed by atoms with Crippen LogP contribution in [0.5, 0.6) is 0 Å². The minimum absolute atomic E-state index is 0.101. The second-order valence-corrected chi connectivity index (χ2v) is 8.24. The van der Waals surface area contributed by atoms with Crippen LogP contribution in [0, 0.1) is 5.41 Å². The van der Waals surface area contributed by atoms with Crippen LogP contribution < -0.4 is 10.9 Å². The molecule has 6 nitrogen and oxygen atoms in total. The highest BCUT2D eigenvalue weighted by Crippen LogP contribution is 2.39. The second-order valence-electron chi connectivity index (χ2n) is 8.24. The number of nitrogens with one attached hydrogen (secondary N) is 1. The molecule has 4 rings (SSSR count). The Morgan fingerprint density at radius 3 is 2.68 bits per heavy atom. The van der Waals surface area contributed by atoms with E-state index >= 15 is 0 Å². The third kappa shape index (κ3) is 3.68. The number of aliphatic carboxylic acids is 1. The van der Waals surface area contributed by atoms with Crippen LogP contribution in [-0.4, -0.2) is 27.2 Å². The van der Waals surface area contributed by atoms with Gasteiger partial charge in [0, 0.05) is 18.4 Å². The Bertz CT molecular complexity index is 901. The van der Waals surface area contributed by atoms with E-state index in [1.54, 1.807) is 6.20 Å². The molecule has 1 aliphatic heterocycles. The van der Waals surface area contributed by atoms with Crippen molar-refractivity contribution in [2.75, 3.05) is 11.9 Å². The number of fused-ring (bicyclic) bond motifs is 1. The molecule has 1 aromatic heterocycles. The third-order valence-corrected chi connectivity index (χ3v) is 6.31. The van der Waals surface area contributed by atoms with Crippen LogP contribution in [0.1, 0.15) is 55.8 Å². The van der Waals surface area contributed by atoms with E-state index in [9.17, 15) is 14.7 Å². The number of aromatic nitrogens is 2. The molecule has 1 fully saturated rings. The highest BCUT2D eigenvalue weighted by molar-refractivity contribution is 5.72. The monoisotopic (exact) mass is 381 g/mol. The average molecular weight is 381 g/mol. The van der Waals surface area contributed by atoms with Gasteiger partial charge in [-0.2, -0.15) is 0 Å². The number of carboxylic acids is 1. The van der Waals surface area contributed by atoms with E-state index in [4.69, 9.17) is 0 Å². The lowest BCUT2D eigenvalue weighted by atomic mass is 9.70. The summed E-state index contributed by atoms with van der Waals surface area (Å²) >= 11 is 0. The van der Waals surface area contributed by atoms with Gasteiger partial charge in [0.2, 0.25) is 0 Å². The van der Waals surface area contributed by atoms with Gasteiger partial charge in [-0.05, 0) is 43.1 Å². The van der Waals surface area contributed by atoms with Crippen LogP contribution in [0.25, 0.3) is 0 Å². The zero-order chi connectivity index (χ0) is 19.6. The van der Waals surface area contributed by atoms with Crippen LogP contribution in [0.15, 0.2) is 41.3 Å². The van der Waals surface area contributed by atoms with Crippen molar-refractivity contribution in [1.29, 1.82) is 0 Å². The van der Waals surface area contributed by atoms with Gasteiger partial charge in [0.15, 0.2) is 5.82 Å². The molecular formula is C22H27N3O3. The highest BCUT2D eigenvalue weighted by Gasteiger charge is 2.34. The minimum Gasteiger partial charge on any atom is -0.480 e. The Kier molecular flexibility index (Phi) is 5.20. The topological polar surface area (TPSA) is 84.2 Å². The third-order valence-electron chi connectivity index (χ3n) is 6.31. The first-order valence-electron chi connectivity index (χ1n) is 10.2. The number of carboxylic acid groups (broad SMARTS) is 1. The number of carbonyl (C=O) groups is 1. The molecule has 1 aromatic carbocycles. The fourth-order valence-electron chi connectivity index (χ4n) is 4.81. The zero-order valence-corrected chi connectivity index (χ0v) is 16.1. The molecule has 6 heteroatoms. The van der Waals surface area contributed by atoms with E-state index in [1.807, 2.05) is 6.07 Å². The van der Waals surface area contributed by atoms with E-state index in [2.05, 4.69) is 34.6 Å². The number of hydrogen-bond acceptors (Lipinski definition) is 4. The summed E-state index contributed by atoms with van der Waals surface area (Å²) in [7, 11) is 0. The summed E-state index contributed by atoms with van der Waals surface area (Å²) in [5.41, 5.74) is 1.81. The summed E-state index contributed by atoms with van der Waals surface area (Å²) in [4.78, 5) is 28.7. The van der Waals surface area contributed by atoms with Crippen LogP contribution in [0.2, 0.25) is 0 Å². The van der Waals surface area contributed by atoms with E-state index in [1.165, 1.54) is 29.4 Å². The number of nitrogens with zero attached hydrogens (tertiary/aromatic N) is 2. The summed E-state index contributed by atoms with van der Waals surface area (Å²) < 4.78 is 1.41. The molecule has 1 saturated carbocycles. The first-order valence-corrected chi connectivity index (χ1v) is 10.2. The van der Waals surface area contributed by atoms with Crippen molar-refractivity contribution in [2.45, 2.75) is 57.4 Å². The average Bonchev–Trinajstić information content (AvgIpc) is 3.14. The SMILES string of the molecule is O=C(O)[C@@H]1CCc2cnc(NCC3(Cc4ccccc4)CCCCC3)c(=O)n21. The summed E-state index contributed by atoms with van der Waals surface area (Å²) in [5, 5.41) is 12.7. The van der Waals surface area contributed by atoms with E-state index in [-0.39, 0.29) is 16.8 Å². The van der Waals surface area contributed by atoms with Crippen molar-refractivity contribution in [3.8, 4) is 0 Å². The molecule has 0 bridgehead atoms. The quantitative estimate of drug-likeness (QED) is 0.801. The number of aryl methyl sites for hydroxylation is 1. The molecular weight excluding hydrogens is 354 g/mol. The molecule has 1 atom stereocenters. The predicted molar refractivity (Wildman–Crippen MR) is 108 cm³/mol. The Morgan fingerprint density at radius 1 is 1.21 bits per heavy atom. The van der Waals surface area contributed by atoms with Crippen molar-refractivity contribution in [3.05, 3.63) is 58.1 Å². The van der Waals surface area contributed by atoms with Gasteiger partial charge < -0.3 is 10.4 Å². The highest BCUT2D eigenvalue weighted by atomic mass is 16.4. The lowest BCUT2D eigenvalue weighted by Crippen LogP contribution is -2.37. The Morgan fingerprint density at radius 2 is 1.96 bits per heavy atom. The maximum Gasteiger partial charge on any atom is 0.326 e. The molecule has 148 valence electrons. The van der Waals surface area contributed by atoms with Crippen LogP contribution in [0.4, 0.5) is 5.82 Å². The number of hydrogen-bond donors (Lipinski definition) is 2. The summed E-state index contributed by atoms with van der Waals surface area (Å²) in [5.74, 6) is -0.680. The van der Waals surface area contributed by atoms with Crippen molar-refractivity contribution in [3.63, 3.8) is 0 Å². The van der Waals surface area contributed by atoms with Crippen molar-refractivity contribution in [1.82, 2.24) is 9.55 Å². The molecule has 2 heterocycles. The standard InChI is InChI=1S/C22H27N3O3/c26-20-19(23-14-17-9-10-18(21(27)28)25(17)20)24-15-22(11-5-2-6-12-22)13-16-7-3-1-4-8-16/h1,3-4,7-8,14,18H,2,5-6,9-13,15H2,(H,23,24)(H,27,28)/t18-/m0/s1. The van der Waals surface area contributed by atoms with Gasteiger partial charge in [-0.15, -0.1) is 0 Å². The van der Waals surface area contributed by atoms with Gasteiger partial charge in [-0.3, -0.25) is 9.36 Å². The van der Waals surface area contributed by atoms with Gasteiger partial charge in [-0.25, -0.2) is 9.78 Å². The molecule has 0 spiro atoms. The molecule has 2 aromatic rings. The van der Waals surface area contributed by atoms with Crippen molar-refractivity contribution < 1.29 is 9.90 Å². The predicted octanol–water partition coefficient (Wildman–Crippen LogP) is 3.42. The first kappa shape index (κ1) is 18.7. The summed E-state index contributed by atoms with van der Waals surface area (Å²) in [6.07, 6.45) is 9.57. The molecule has 0 radical (unpaired) electrons. The van der Waals surface area contributed by atoms with Gasteiger partial charge in [-0.1, -0.05) is 49.6 Å². The number of benzene rings is 1. The zero-order valence-electron chi connectivity index (χ0n) is 16.1. The molecule has 1 aliphatic carbocycles. The minimum atomic E-state index is -0.953. The first-order chi connectivity index (χ1) is 13.6. The fourth-order valence-corrected chi connectivity index (χ4v) is 4.81. The second kappa shape index (κ2) is 7.78.